The van der Waals surface area contributed by atoms with Crippen molar-refractivity contribution in [1.29, 1.82) is 0 Å². The second-order valence-corrected chi connectivity index (χ2v) is 4.11. The second kappa shape index (κ2) is 5.46. The SMILES string of the molecule is CCCNc1nccc(Nc2ccsc2)n1. The van der Waals surface area contributed by atoms with E-state index in [1.165, 1.54) is 0 Å². The highest BCUT2D eigenvalue weighted by Crippen LogP contribution is 2.17. The maximum absolute atomic E-state index is 4.36. The quantitative estimate of drug-likeness (QED) is 0.834. The number of anilines is 3. The smallest absolute Gasteiger partial charge is 0.224 e. The number of rotatable bonds is 5. The van der Waals surface area contributed by atoms with Crippen molar-refractivity contribution in [3.8, 4) is 0 Å². The van der Waals surface area contributed by atoms with Gasteiger partial charge in [0.15, 0.2) is 0 Å². The Balaban J connectivity index is 2.04. The number of thiophene rings is 1. The molecule has 0 spiro atoms. The molecule has 0 saturated heterocycles. The monoisotopic (exact) mass is 234 g/mol. The van der Waals surface area contributed by atoms with Crippen LogP contribution >= 0.6 is 11.3 Å². The third kappa shape index (κ3) is 2.93. The lowest BCUT2D eigenvalue weighted by Gasteiger charge is -2.06. The molecule has 2 heterocycles. The fourth-order valence-corrected chi connectivity index (χ4v) is 1.82. The predicted octanol–water partition coefficient (Wildman–Crippen LogP) is 3.10. The molecule has 0 saturated carbocycles. The molecule has 16 heavy (non-hydrogen) atoms. The van der Waals surface area contributed by atoms with E-state index < -0.39 is 0 Å². The minimum Gasteiger partial charge on any atom is -0.354 e. The van der Waals surface area contributed by atoms with Crippen molar-refractivity contribution in [2.24, 2.45) is 0 Å². The van der Waals surface area contributed by atoms with Gasteiger partial charge in [-0.1, -0.05) is 6.92 Å². The van der Waals surface area contributed by atoms with Crippen LogP contribution in [-0.4, -0.2) is 16.5 Å². The van der Waals surface area contributed by atoms with Gasteiger partial charge in [0.1, 0.15) is 5.82 Å². The summed E-state index contributed by atoms with van der Waals surface area (Å²) in [6.07, 6.45) is 2.81. The van der Waals surface area contributed by atoms with Crippen LogP contribution in [0.3, 0.4) is 0 Å². The molecule has 2 rings (SSSR count). The zero-order chi connectivity index (χ0) is 11.2. The number of aromatic nitrogens is 2. The van der Waals surface area contributed by atoms with E-state index in [4.69, 9.17) is 0 Å². The van der Waals surface area contributed by atoms with Crippen LogP contribution in [0.2, 0.25) is 0 Å². The molecular weight excluding hydrogens is 220 g/mol. The molecule has 2 aromatic heterocycles. The average Bonchev–Trinajstić information content (AvgIpc) is 2.80. The van der Waals surface area contributed by atoms with Crippen molar-refractivity contribution in [1.82, 2.24) is 9.97 Å². The third-order valence-corrected chi connectivity index (χ3v) is 2.67. The molecular formula is C11H14N4S. The topological polar surface area (TPSA) is 49.8 Å². The zero-order valence-corrected chi connectivity index (χ0v) is 9.92. The summed E-state index contributed by atoms with van der Waals surface area (Å²) in [6, 6.07) is 3.88. The van der Waals surface area contributed by atoms with Crippen LogP contribution in [0.1, 0.15) is 13.3 Å². The number of hydrogen-bond acceptors (Lipinski definition) is 5. The minimum absolute atomic E-state index is 0.669. The van der Waals surface area contributed by atoms with Crippen molar-refractivity contribution in [2.45, 2.75) is 13.3 Å². The van der Waals surface area contributed by atoms with E-state index in [-0.39, 0.29) is 0 Å². The number of hydrogen-bond donors (Lipinski definition) is 2. The molecule has 2 N–H and O–H groups in total. The third-order valence-electron chi connectivity index (χ3n) is 1.98. The molecule has 0 atom stereocenters. The van der Waals surface area contributed by atoms with Crippen LogP contribution in [0.5, 0.6) is 0 Å². The Bertz CT molecular complexity index is 427. The molecule has 0 bridgehead atoms. The fourth-order valence-electron chi connectivity index (χ4n) is 1.23. The van der Waals surface area contributed by atoms with Crippen molar-refractivity contribution in [3.05, 3.63) is 29.1 Å². The van der Waals surface area contributed by atoms with E-state index in [9.17, 15) is 0 Å². The van der Waals surface area contributed by atoms with Gasteiger partial charge in [-0.25, -0.2) is 4.98 Å². The first kappa shape index (κ1) is 10.9. The molecule has 0 aliphatic heterocycles. The van der Waals surface area contributed by atoms with E-state index in [1.54, 1.807) is 17.5 Å². The summed E-state index contributed by atoms with van der Waals surface area (Å²) >= 11 is 1.66. The Morgan fingerprint density at radius 3 is 3.06 bits per heavy atom. The van der Waals surface area contributed by atoms with Gasteiger partial charge in [-0.05, 0) is 23.9 Å². The van der Waals surface area contributed by atoms with Gasteiger partial charge in [-0.3, -0.25) is 0 Å². The van der Waals surface area contributed by atoms with Gasteiger partial charge >= 0.3 is 0 Å². The van der Waals surface area contributed by atoms with Crippen LogP contribution in [-0.2, 0) is 0 Å². The van der Waals surface area contributed by atoms with Gasteiger partial charge < -0.3 is 10.6 Å². The first-order valence-electron chi connectivity index (χ1n) is 5.24. The Morgan fingerprint density at radius 2 is 2.31 bits per heavy atom. The number of nitrogens with one attached hydrogen (secondary N) is 2. The molecule has 5 heteroatoms. The fraction of sp³-hybridized carbons (Fsp3) is 0.273. The Kier molecular flexibility index (Phi) is 3.71. The van der Waals surface area contributed by atoms with Crippen molar-refractivity contribution >= 4 is 28.8 Å². The summed E-state index contributed by atoms with van der Waals surface area (Å²) in [5.41, 5.74) is 1.06. The summed E-state index contributed by atoms with van der Waals surface area (Å²) < 4.78 is 0. The second-order valence-electron chi connectivity index (χ2n) is 3.33. The maximum Gasteiger partial charge on any atom is 0.224 e. The molecule has 0 aliphatic carbocycles. The van der Waals surface area contributed by atoms with E-state index >= 15 is 0 Å². The Hall–Kier alpha value is -1.62. The zero-order valence-electron chi connectivity index (χ0n) is 9.10. The highest BCUT2D eigenvalue weighted by Gasteiger charge is 1.99. The van der Waals surface area contributed by atoms with Crippen LogP contribution < -0.4 is 10.6 Å². The largest absolute Gasteiger partial charge is 0.354 e. The highest BCUT2D eigenvalue weighted by atomic mass is 32.1. The van der Waals surface area contributed by atoms with Crippen LogP contribution in [0.25, 0.3) is 0 Å². The van der Waals surface area contributed by atoms with Crippen molar-refractivity contribution in [3.63, 3.8) is 0 Å². The summed E-state index contributed by atoms with van der Waals surface area (Å²) in [6.45, 7) is 3.00. The molecule has 0 unspecified atom stereocenters. The minimum atomic E-state index is 0.669. The van der Waals surface area contributed by atoms with Gasteiger partial charge in [0.05, 0.1) is 5.69 Å². The summed E-state index contributed by atoms with van der Waals surface area (Å²) in [7, 11) is 0. The standard InChI is InChI=1S/C11H14N4S/c1-2-5-12-11-13-6-3-10(15-11)14-9-4-7-16-8-9/h3-4,6-8H,2,5H2,1H3,(H2,12,13,14,15). The van der Waals surface area contributed by atoms with Crippen LogP contribution in [0, 0.1) is 0 Å². The summed E-state index contributed by atoms with van der Waals surface area (Å²) in [5, 5.41) is 10.4. The number of nitrogens with zero attached hydrogens (tertiary/aromatic N) is 2. The van der Waals surface area contributed by atoms with Gasteiger partial charge in [-0.15, -0.1) is 0 Å². The van der Waals surface area contributed by atoms with E-state index in [2.05, 4.69) is 27.5 Å². The van der Waals surface area contributed by atoms with Crippen LogP contribution in [0.15, 0.2) is 29.1 Å². The van der Waals surface area contributed by atoms with Gasteiger partial charge in [0.2, 0.25) is 5.95 Å². The molecule has 0 radical (unpaired) electrons. The Labute approximate surface area is 98.8 Å². The summed E-state index contributed by atoms with van der Waals surface area (Å²) in [4.78, 5) is 8.50. The first-order valence-corrected chi connectivity index (χ1v) is 6.19. The van der Waals surface area contributed by atoms with Gasteiger partial charge in [0.25, 0.3) is 0 Å². The normalized spacial score (nSPS) is 10.1. The molecule has 2 aromatic rings. The first-order chi connectivity index (χ1) is 7.88. The molecule has 84 valence electrons. The lowest BCUT2D eigenvalue weighted by atomic mass is 10.5. The lowest BCUT2D eigenvalue weighted by Crippen LogP contribution is -2.05. The van der Waals surface area contributed by atoms with E-state index in [0.717, 1.165) is 24.5 Å². The molecule has 0 amide bonds. The van der Waals surface area contributed by atoms with E-state index in [1.807, 2.05) is 22.9 Å². The van der Waals surface area contributed by atoms with E-state index in [0.29, 0.717) is 5.95 Å². The van der Waals surface area contributed by atoms with Gasteiger partial charge in [0, 0.05) is 18.1 Å². The lowest BCUT2D eigenvalue weighted by molar-refractivity contribution is 0.953. The van der Waals surface area contributed by atoms with Crippen LogP contribution in [0.4, 0.5) is 17.5 Å². The maximum atomic E-state index is 4.36. The van der Waals surface area contributed by atoms with Crippen molar-refractivity contribution in [2.75, 3.05) is 17.2 Å². The predicted molar refractivity (Wildman–Crippen MR) is 68.4 cm³/mol. The average molecular weight is 234 g/mol. The molecule has 4 nitrogen and oxygen atoms in total. The molecule has 0 aliphatic rings. The van der Waals surface area contributed by atoms with Crippen molar-refractivity contribution < 1.29 is 0 Å². The molecule has 0 aromatic carbocycles. The molecule has 0 fully saturated rings. The highest BCUT2D eigenvalue weighted by molar-refractivity contribution is 7.08. The summed E-state index contributed by atoms with van der Waals surface area (Å²) in [5.74, 6) is 1.48. The Morgan fingerprint density at radius 1 is 1.38 bits per heavy atom. The van der Waals surface area contributed by atoms with Gasteiger partial charge in [-0.2, -0.15) is 16.3 Å².